The lowest BCUT2D eigenvalue weighted by atomic mass is 9.93. The van der Waals surface area contributed by atoms with E-state index in [9.17, 15) is 23.4 Å². The maximum Gasteiger partial charge on any atom is 0.307 e. The van der Waals surface area contributed by atoms with E-state index in [1.807, 2.05) is 37.3 Å². The molecule has 3 aromatic carbocycles. The van der Waals surface area contributed by atoms with Crippen LogP contribution in [0.15, 0.2) is 77.7 Å². The van der Waals surface area contributed by atoms with E-state index in [0.717, 1.165) is 11.1 Å². The highest BCUT2D eigenvalue weighted by Gasteiger charge is 2.33. The summed E-state index contributed by atoms with van der Waals surface area (Å²) in [6, 6.07) is 21.1. The van der Waals surface area contributed by atoms with Crippen LogP contribution in [0.3, 0.4) is 0 Å². The molecule has 1 atom stereocenters. The second kappa shape index (κ2) is 9.97. The molecule has 2 N–H and O–H groups in total. The molecule has 0 radical (unpaired) electrons. The summed E-state index contributed by atoms with van der Waals surface area (Å²) in [6.07, 6.45) is -0.142. The van der Waals surface area contributed by atoms with Gasteiger partial charge in [-0.25, -0.2) is 8.42 Å². The maximum absolute atomic E-state index is 13.1. The number of phenols is 1. The molecule has 7 nitrogen and oxygen atoms in total. The van der Waals surface area contributed by atoms with Crippen molar-refractivity contribution in [3.8, 4) is 5.75 Å². The predicted octanol–water partition coefficient (Wildman–Crippen LogP) is 3.42. The van der Waals surface area contributed by atoms with Gasteiger partial charge in [0, 0.05) is 31.7 Å². The zero-order valence-corrected chi connectivity index (χ0v) is 19.8. The van der Waals surface area contributed by atoms with Gasteiger partial charge in [0.2, 0.25) is 10.0 Å². The van der Waals surface area contributed by atoms with Crippen molar-refractivity contribution in [1.29, 1.82) is 0 Å². The van der Waals surface area contributed by atoms with Crippen LogP contribution >= 0.6 is 0 Å². The van der Waals surface area contributed by atoms with Gasteiger partial charge in [0.25, 0.3) is 0 Å². The van der Waals surface area contributed by atoms with Crippen LogP contribution in [0.1, 0.15) is 28.3 Å². The Morgan fingerprint density at radius 3 is 2.21 bits per heavy atom. The van der Waals surface area contributed by atoms with Crippen LogP contribution in [-0.4, -0.2) is 60.0 Å². The summed E-state index contributed by atoms with van der Waals surface area (Å²) in [5.41, 5.74) is 3.15. The minimum Gasteiger partial charge on any atom is -0.508 e. The summed E-state index contributed by atoms with van der Waals surface area (Å²) in [5, 5.41) is 19.9. The average molecular weight is 481 g/mol. The number of hydrogen-bond acceptors (Lipinski definition) is 5. The zero-order chi connectivity index (χ0) is 24.3. The minimum atomic E-state index is -3.59. The van der Waals surface area contributed by atoms with E-state index in [2.05, 4.69) is 4.90 Å². The lowest BCUT2D eigenvalue weighted by Crippen LogP contribution is -2.49. The van der Waals surface area contributed by atoms with Gasteiger partial charge in [0.05, 0.1) is 17.4 Å². The number of aryl methyl sites for hydroxylation is 1. The number of aromatic hydroxyl groups is 1. The highest BCUT2D eigenvalue weighted by atomic mass is 32.2. The first-order chi connectivity index (χ1) is 16.3. The fourth-order valence-corrected chi connectivity index (χ4v) is 5.81. The van der Waals surface area contributed by atoms with Crippen LogP contribution in [0.2, 0.25) is 0 Å². The molecular formula is C26H28N2O5S. The fraction of sp³-hybridized carbons (Fsp3) is 0.269. The Morgan fingerprint density at radius 1 is 0.941 bits per heavy atom. The summed E-state index contributed by atoms with van der Waals surface area (Å²) in [4.78, 5) is 13.7. The van der Waals surface area contributed by atoms with Gasteiger partial charge in [-0.05, 0) is 42.3 Å². The zero-order valence-electron chi connectivity index (χ0n) is 19.0. The van der Waals surface area contributed by atoms with Crippen molar-refractivity contribution in [1.82, 2.24) is 9.21 Å². The fourth-order valence-electron chi connectivity index (χ4n) is 4.39. The summed E-state index contributed by atoms with van der Waals surface area (Å²) in [5.74, 6) is -0.861. The Hall–Kier alpha value is -3.20. The highest BCUT2D eigenvalue weighted by molar-refractivity contribution is 7.89. The Bertz CT molecular complexity index is 1250. The van der Waals surface area contributed by atoms with E-state index in [1.165, 1.54) is 10.4 Å². The van der Waals surface area contributed by atoms with E-state index in [-0.39, 0.29) is 23.1 Å². The molecule has 1 saturated heterocycles. The molecule has 1 unspecified atom stereocenters. The van der Waals surface area contributed by atoms with Gasteiger partial charge in [-0.1, -0.05) is 54.1 Å². The van der Waals surface area contributed by atoms with Gasteiger partial charge in [-0.2, -0.15) is 4.31 Å². The molecular weight excluding hydrogens is 452 g/mol. The van der Waals surface area contributed by atoms with Crippen molar-refractivity contribution in [3.05, 3.63) is 95.1 Å². The molecule has 178 valence electrons. The molecule has 34 heavy (non-hydrogen) atoms. The Balaban J connectivity index is 1.61. The second-order valence-corrected chi connectivity index (χ2v) is 10.5. The molecule has 8 heteroatoms. The molecule has 0 amide bonds. The van der Waals surface area contributed by atoms with E-state index in [0.29, 0.717) is 37.3 Å². The van der Waals surface area contributed by atoms with Crippen molar-refractivity contribution < 1.29 is 23.4 Å². The minimum absolute atomic E-state index is 0.0812. The lowest BCUT2D eigenvalue weighted by Gasteiger charge is -2.39. The van der Waals surface area contributed by atoms with E-state index < -0.39 is 16.0 Å². The number of piperazine rings is 1. The molecule has 0 aliphatic carbocycles. The molecule has 4 rings (SSSR count). The van der Waals surface area contributed by atoms with Gasteiger partial charge in [-0.15, -0.1) is 0 Å². The number of carbonyl (C=O) groups is 1. The molecule has 1 fully saturated rings. The molecule has 0 spiro atoms. The van der Waals surface area contributed by atoms with Crippen molar-refractivity contribution >= 4 is 16.0 Å². The Morgan fingerprint density at radius 2 is 1.59 bits per heavy atom. The predicted molar refractivity (Wildman–Crippen MR) is 129 cm³/mol. The largest absolute Gasteiger partial charge is 0.508 e. The van der Waals surface area contributed by atoms with Crippen LogP contribution < -0.4 is 0 Å². The normalized spacial score (nSPS) is 16.3. The lowest BCUT2D eigenvalue weighted by molar-refractivity contribution is -0.136. The van der Waals surface area contributed by atoms with E-state index >= 15 is 0 Å². The third kappa shape index (κ3) is 5.14. The number of carboxylic acids is 1. The SMILES string of the molecule is Cc1ccc(S(=O)(=O)N2CCN(C(c3ccccc3)c3cc(CC(=O)O)ccc3O)CC2)cc1. The van der Waals surface area contributed by atoms with Crippen LogP contribution in [0.25, 0.3) is 0 Å². The van der Waals surface area contributed by atoms with Crippen LogP contribution in [0.4, 0.5) is 0 Å². The van der Waals surface area contributed by atoms with Crippen LogP contribution in [-0.2, 0) is 21.2 Å². The van der Waals surface area contributed by atoms with E-state index in [1.54, 1.807) is 36.4 Å². The number of sulfonamides is 1. The topological polar surface area (TPSA) is 98.2 Å². The third-order valence-corrected chi connectivity index (χ3v) is 8.07. The first-order valence-corrected chi connectivity index (χ1v) is 12.6. The van der Waals surface area contributed by atoms with Crippen molar-refractivity contribution in [2.45, 2.75) is 24.3 Å². The number of rotatable bonds is 7. The molecule has 0 bridgehead atoms. The Kier molecular flexibility index (Phi) is 7.02. The Labute approximate surface area is 199 Å². The molecule has 3 aromatic rings. The number of hydrogen-bond donors (Lipinski definition) is 2. The van der Waals surface area contributed by atoms with Gasteiger partial charge < -0.3 is 10.2 Å². The first kappa shape index (κ1) is 23.9. The summed E-state index contributed by atoms with van der Waals surface area (Å²) in [6.45, 7) is 3.48. The molecule has 1 heterocycles. The number of phenolic OH excluding ortho intramolecular Hbond substituents is 1. The van der Waals surface area contributed by atoms with Gasteiger partial charge in [0.15, 0.2) is 0 Å². The molecule has 0 saturated carbocycles. The number of nitrogens with zero attached hydrogens (tertiary/aromatic N) is 2. The monoisotopic (exact) mass is 480 g/mol. The van der Waals surface area contributed by atoms with Crippen molar-refractivity contribution in [2.24, 2.45) is 0 Å². The quantitative estimate of drug-likeness (QED) is 0.538. The smallest absolute Gasteiger partial charge is 0.307 e. The molecule has 0 aromatic heterocycles. The number of carboxylic acid groups (broad SMARTS) is 1. The standard InChI is InChI=1S/C26H28N2O5S/c1-19-7-10-22(11-8-19)34(32,33)28-15-13-27(14-16-28)26(21-5-3-2-4-6-21)23-17-20(18-25(30)31)9-12-24(23)29/h2-12,17,26,29H,13-16,18H2,1H3,(H,30,31). The number of aliphatic carboxylic acids is 1. The third-order valence-electron chi connectivity index (χ3n) is 6.15. The highest BCUT2D eigenvalue weighted by Crippen LogP contribution is 2.36. The average Bonchev–Trinajstić information content (AvgIpc) is 2.82. The van der Waals surface area contributed by atoms with E-state index in [4.69, 9.17) is 0 Å². The van der Waals surface area contributed by atoms with Gasteiger partial charge in [0.1, 0.15) is 5.75 Å². The number of benzene rings is 3. The summed E-state index contributed by atoms with van der Waals surface area (Å²) in [7, 11) is -3.59. The van der Waals surface area contributed by atoms with Crippen LogP contribution in [0, 0.1) is 6.92 Å². The van der Waals surface area contributed by atoms with Gasteiger partial charge in [-0.3, -0.25) is 9.69 Å². The second-order valence-electron chi connectivity index (χ2n) is 8.53. The first-order valence-electron chi connectivity index (χ1n) is 11.1. The summed E-state index contributed by atoms with van der Waals surface area (Å²) >= 11 is 0. The molecule has 1 aliphatic rings. The van der Waals surface area contributed by atoms with Crippen molar-refractivity contribution in [3.63, 3.8) is 0 Å². The van der Waals surface area contributed by atoms with Gasteiger partial charge >= 0.3 is 5.97 Å². The molecule has 1 aliphatic heterocycles. The van der Waals surface area contributed by atoms with Crippen molar-refractivity contribution in [2.75, 3.05) is 26.2 Å². The van der Waals surface area contributed by atoms with Crippen LogP contribution in [0.5, 0.6) is 5.75 Å². The summed E-state index contributed by atoms with van der Waals surface area (Å²) < 4.78 is 27.8. The maximum atomic E-state index is 13.1.